The third-order valence-electron chi connectivity index (χ3n) is 22.7. The summed E-state index contributed by atoms with van der Waals surface area (Å²) < 4.78 is 50.7. The number of aliphatic hydroxyl groups is 1. The average Bonchev–Trinajstić information content (AvgIpc) is 1.72. The van der Waals surface area contributed by atoms with E-state index in [1.54, 1.807) is 30.3 Å². The number of carbonyl (C=O) groups excluding carboxylic acids is 5. The summed E-state index contributed by atoms with van der Waals surface area (Å²) in [5.74, 6) is 1.66. The van der Waals surface area contributed by atoms with Gasteiger partial charge in [0, 0.05) is 232 Å². The molecular weight excluding hydrogens is 1760 g/mol. The van der Waals surface area contributed by atoms with E-state index in [-0.39, 0.29) is 82.2 Å². The SMILES string of the molecule is CC(C)(C)NCc1ccc(C#N)cc1.CC(C)C(=O)NC1CCCCC1.CC(C)C(=O)NC1CCN(C)C(=O)C1.CC(C)C(=O)NCC1CC1.CC(C)NCCN1CCC(O)CC1.CC(C)NCCN1CCCC1.CC(C)NCCn1ccc(C(F)(F)F)c1.CC(C)NCc1ccc(F)cc1.CC(C)NCc1cccnc1.CCN(CC)CCNC(=O)C(C)C.CCc1ccc(CNC(C)(C)C)cn1. The Morgan fingerprint density at radius 1 is 0.504 bits per heavy atom. The first kappa shape index (κ1) is 131. The number of hydrogen-bond donors (Lipinski definition) is 12. The molecule has 25 nitrogen and oxygen atoms in total. The van der Waals surface area contributed by atoms with Gasteiger partial charge in [0.1, 0.15) is 5.82 Å². The molecule has 6 heterocycles. The third kappa shape index (κ3) is 74.7. The number of amides is 5. The number of aryl methyl sites for hydroxylation is 1. The van der Waals surface area contributed by atoms with Crippen molar-refractivity contribution in [2.75, 3.05) is 105 Å². The number of hydrogen-bond acceptors (Lipinski definition) is 19. The maximum atomic E-state index is 12.5. The fourth-order valence-electron chi connectivity index (χ4n) is 13.3. The minimum absolute atomic E-state index is 0.00948. The van der Waals surface area contributed by atoms with Crippen LogP contribution in [0.1, 0.15) is 309 Å². The number of halogens is 4. The molecule has 3 saturated heterocycles. The molecule has 1 unspecified atom stereocenters. The van der Waals surface area contributed by atoms with E-state index in [0.29, 0.717) is 61.3 Å². The van der Waals surface area contributed by atoms with E-state index in [4.69, 9.17) is 5.26 Å². The number of nitrogens with zero attached hydrogens (tertiary/aromatic N) is 8. The molecule has 2 aromatic carbocycles. The highest BCUT2D eigenvalue weighted by molar-refractivity contribution is 5.81. The first-order valence-corrected chi connectivity index (χ1v) is 52.1. The van der Waals surface area contributed by atoms with Crippen molar-refractivity contribution in [1.29, 1.82) is 5.26 Å². The second-order valence-corrected chi connectivity index (χ2v) is 41.7. The molecule has 3 aromatic heterocycles. The number of carbonyl (C=O) groups is 5. The highest BCUT2D eigenvalue weighted by Crippen LogP contribution is 2.30. The summed E-state index contributed by atoms with van der Waals surface area (Å²) in [6.07, 6.45) is 19.8. The summed E-state index contributed by atoms with van der Waals surface area (Å²) in [4.78, 5) is 73.5. The van der Waals surface area contributed by atoms with E-state index in [2.05, 4.69) is 225 Å². The van der Waals surface area contributed by atoms with Crippen molar-refractivity contribution in [3.63, 3.8) is 0 Å². The molecule has 2 saturated carbocycles. The van der Waals surface area contributed by atoms with E-state index in [1.165, 1.54) is 117 Å². The lowest BCUT2D eigenvalue weighted by atomic mass is 9.95. The monoisotopic (exact) mass is 1950 g/mol. The lowest BCUT2D eigenvalue weighted by Crippen LogP contribution is -2.47. The van der Waals surface area contributed by atoms with Gasteiger partial charge in [0.05, 0.1) is 23.3 Å². The van der Waals surface area contributed by atoms with Crippen LogP contribution in [0.2, 0.25) is 0 Å². The largest absolute Gasteiger partial charge is 0.417 e. The molecular formula is C110H195F4N19O6. The van der Waals surface area contributed by atoms with E-state index < -0.39 is 11.7 Å². The van der Waals surface area contributed by atoms with Crippen LogP contribution in [0, 0.1) is 46.7 Å². The van der Waals surface area contributed by atoms with Crippen LogP contribution in [-0.4, -0.2) is 233 Å². The van der Waals surface area contributed by atoms with Crippen molar-refractivity contribution in [3.05, 3.63) is 155 Å². The van der Waals surface area contributed by atoms with Crippen molar-refractivity contribution in [3.8, 4) is 6.07 Å². The van der Waals surface area contributed by atoms with Crippen LogP contribution in [0.4, 0.5) is 17.6 Å². The van der Waals surface area contributed by atoms with Gasteiger partial charge < -0.3 is 87.8 Å². The topological polar surface area (TPSA) is 305 Å². The molecule has 0 bridgehead atoms. The van der Waals surface area contributed by atoms with Crippen LogP contribution >= 0.6 is 0 Å². The zero-order valence-electron chi connectivity index (χ0n) is 91.5. The number of rotatable bonds is 36. The van der Waals surface area contributed by atoms with Crippen LogP contribution in [0.15, 0.2) is 110 Å². The lowest BCUT2D eigenvalue weighted by Gasteiger charge is -2.29. The van der Waals surface area contributed by atoms with Gasteiger partial charge in [-0.05, 0) is 203 Å². The first-order chi connectivity index (χ1) is 65.4. The number of pyridine rings is 2. The summed E-state index contributed by atoms with van der Waals surface area (Å²) in [7, 11) is 1.79. The van der Waals surface area contributed by atoms with Gasteiger partial charge >= 0.3 is 6.18 Å². The highest BCUT2D eigenvalue weighted by Gasteiger charge is 2.32. The van der Waals surface area contributed by atoms with Gasteiger partial charge in [-0.15, -0.1) is 0 Å². The second-order valence-electron chi connectivity index (χ2n) is 41.7. The zero-order valence-corrected chi connectivity index (χ0v) is 91.5. The molecule has 12 N–H and O–H groups in total. The van der Waals surface area contributed by atoms with E-state index >= 15 is 0 Å². The molecule has 0 spiro atoms. The normalized spacial score (nSPS) is 15.2. The number of aromatic nitrogens is 3. The first-order valence-electron chi connectivity index (χ1n) is 52.1. The van der Waals surface area contributed by atoms with Gasteiger partial charge in [0.2, 0.25) is 29.5 Å². The standard InChI is InChI=1S/C12H16N2.C12H20N2.C10H15F3N2.C10H14FN.C10H18N2O2.2C10H22N2O.C10H19NO.C9H20N2.C9H14N2.C8H15NO/c1-12(2,3)14-9-11-6-4-10(8-13)5-7-11;1-5-11-7-6-10(8-13-11)9-14-12(2,3)4;1-8(2)14-4-6-15-5-3-9(7-15)10(11,12)13;1-8(2)12-7-9-3-5-10(11)6-4-9;1-7(2)10(14)11-8-4-5-12(3)9(13)6-8;1-9(2)11-5-8-12-6-3-10(13)4-7-12;1-5-12(6-2)8-7-11-10(13)9(3)4;1-8(2)10(12)11-9-6-4-3-5-7-9;1-9(2)10-5-8-11-6-3-4-7-11;1-8(2)11-7-9-4-3-5-10-6-9;1-6(2)8(10)9-5-7-3-4-7/h4-7,14H,9H2,1-3H3;6-8,14H,5,9H2,1-4H3;3,5,7-8,14H,4,6H2,1-2H3;3-6,8,12H,7H2,1-2H3;7-8H,4-6H2,1-3H3,(H,11,14);9-11,13H,3-8H2,1-2H3;9H,5-8H2,1-4H3,(H,11,13);8-9H,3-7H2,1-2H3,(H,11,12);9-10H,3-8H2,1-2H3;3-6,8,11H,7H2,1-2H3;6-7H,3-5H2,1-2H3,(H,9,10). The highest BCUT2D eigenvalue weighted by atomic mass is 19.4. The lowest BCUT2D eigenvalue weighted by molar-refractivity contribution is -0.137. The summed E-state index contributed by atoms with van der Waals surface area (Å²) in [5.41, 5.74) is 6.39. The van der Waals surface area contributed by atoms with E-state index in [9.17, 15) is 46.6 Å². The Hall–Kier alpha value is -7.86. The molecule has 5 amide bonds. The zero-order chi connectivity index (χ0) is 105. The van der Waals surface area contributed by atoms with Gasteiger partial charge in [0.15, 0.2) is 0 Å². The summed E-state index contributed by atoms with van der Waals surface area (Å²) >= 11 is 0. The number of aliphatic hydroxyl groups excluding tert-OH is 1. The number of likely N-dealkylation sites (tertiary alicyclic amines) is 3. The van der Waals surface area contributed by atoms with Crippen molar-refractivity contribution in [1.82, 2.24) is 92.6 Å². The number of nitrogens with one attached hydrogen (secondary N) is 11. The molecule has 1 atom stereocenters. The molecule has 5 aliphatic rings. The molecule has 0 radical (unpaired) electrons. The maximum Gasteiger partial charge on any atom is 0.417 e. The van der Waals surface area contributed by atoms with Gasteiger partial charge in [0.25, 0.3) is 0 Å². The van der Waals surface area contributed by atoms with Crippen LogP contribution in [0.25, 0.3) is 0 Å². The Morgan fingerprint density at radius 2 is 0.957 bits per heavy atom. The molecule has 794 valence electrons. The number of likely N-dealkylation sites (N-methyl/N-ethyl adjacent to an activating group) is 1. The summed E-state index contributed by atoms with van der Waals surface area (Å²) in [5, 5.41) is 53.1. The van der Waals surface area contributed by atoms with Crippen molar-refractivity contribution in [2.45, 2.75) is 375 Å². The van der Waals surface area contributed by atoms with E-state index in [1.807, 2.05) is 112 Å². The molecule has 5 aromatic rings. The van der Waals surface area contributed by atoms with Crippen LogP contribution in [0.5, 0.6) is 0 Å². The predicted molar refractivity (Wildman–Crippen MR) is 568 cm³/mol. The van der Waals surface area contributed by atoms with Gasteiger partial charge in [-0.25, -0.2) is 4.39 Å². The fourth-order valence-corrected chi connectivity index (χ4v) is 13.3. The van der Waals surface area contributed by atoms with Gasteiger partial charge in [-0.1, -0.05) is 201 Å². The Labute approximate surface area is 840 Å². The van der Waals surface area contributed by atoms with Crippen LogP contribution in [0.3, 0.4) is 0 Å². The average molecular weight is 1960 g/mol. The number of benzene rings is 2. The van der Waals surface area contributed by atoms with Crippen LogP contribution < -0.4 is 58.5 Å². The Morgan fingerprint density at radius 3 is 1.38 bits per heavy atom. The second kappa shape index (κ2) is 75.9. The number of piperidine rings is 2. The molecule has 29 heteroatoms. The molecule has 10 rings (SSSR count). The summed E-state index contributed by atoms with van der Waals surface area (Å²) in [6, 6.07) is 28.8. The minimum atomic E-state index is -4.24. The Kier molecular flexibility index (Phi) is 71.6. The number of alkyl halides is 3. The third-order valence-corrected chi connectivity index (χ3v) is 22.7. The molecule has 2 aliphatic carbocycles. The number of nitriles is 1. The van der Waals surface area contributed by atoms with Crippen molar-refractivity contribution >= 4 is 29.5 Å². The minimum Gasteiger partial charge on any atom is -0.393 e. The molecule has 3 aliphatic heterocycles. The molecule has 5 fully saturated rings. The quantitative estimate of drug-likeness (QED) is 0.0166. The van der Waals surface area contributed by atoms with Crippen LogP contribution in [-0.2, 0) is 69.3 Å². The van der Waals surface area contributed by atoms with Gasteiger partial charge in [-0.2, -0.15) is 18.4 Å². The van der Waals surface area contributed by atoms with Crippen molar-refractivity contribution in [2.24, 2.45) is 29.6 Å². The Bertz CT molecular complexity index is 3930. The molecule has 139 heavy (non-hydrogen) atoms. The van der Waals surface area contributed by atoms with Crippen molar-refractivity contribution < 1.29 is 46.6 Å². The summed E-state index contributed by atoms with van der Waals surface area (Å²) in [6.45, 7) is 75.1. The predicted octanol–water partition coefficient (Wildman–Crippen LogP) is 17.6. The van der Waals surface area contributed by atoms with Gasteiger partial charge in [-0.3, -0.25) is 33.9 Å². The smallest absolute Gasteiger partial charge is 0.393 e. The van der Waals surface area contributed by atoms with E-state index in [0.717, 1.165) is 153 Å². The Balaban J connectivity index is 0.00000151. The fraction of sp³-hybridized carbons (Fsp3) is 0.709. The maximum absolute atomic E-state index is 12.5.